The average molecular weight is 379 g/mol. The second-order valence-corrected chi connectivity index (χ2v) is 9.48. The second-order valence-electron chi connectivity index (χ2n) is 5.64. The van der Waals surface area contributed by atoms with Gasteiger partial charge in [0.05, 0.1) is 16.6 Å². The van der Waals surface area contributed by atoms with Gasteiger partial charge in [0.25, 0.3) is 0 Å². The van der Waals surface area contributed by atoms with Gasteiger partial charge >= 0.3 is 0 Å². The molecule has 5 nitrogen and oxygen atoms in total. The highest BCUT2D eigenvalue weighted by molar-refractivity contribution is 7.89. The fraction of sp³-hybridized carbons (Fsp3) is 0.667. The lowest BCUT2D eigenvalue weighted by Crippen LogP contribution is -2.47. The molecule has 1 unspecified atom stereocenters. The summed E-state index contributed by atoms with van der Waals surface area (Å²) in [5.41, 5.74) is 0. The molecule has 0 aromatic carbocycles. The molecule has 8 heteroatoms. The van der Waals surface area contributed by atoms with E-state index in [1.54, 1.807) is 4.90 Å². The Hall–Kier alpha value is -0.630. The number of hydrogen-bond donors (Lipinski definition) is 0. The van der Waals surface area contributed by atoms with E-state index < -0.39 is 16.1 Å². The maximum Gasteiger partial charge on any atom is 0.241 e. The van der Waals surface area contributed by atoms with Gasteiger partial charge in [-0.1, -0.05) is 18.5 Å². The third-order valence-corrected chi connectivity index (χ3v) is 7.27. The first-order valence-electron chi connectivity index (χ1n) is 7.91. The number of rotatable bonds is 7. The molecule has 1 fully saturated rings. The number of nitrogens with zero attached hydrogens (tertiary/aromatic N) is 2. The Morgan fingerprint density at radius 1 is 1.43 bits per heavy atom. The Labute approximate surface area is 147 Å². The highest BCUT2D eigenvalue weighted by Crippen LogP contribution is 2.26. The van der Waals surface area contributed by atoms with E-state index in [1.165, 1.54) is 15.6 Å². The Balaban J connectivity index is 2.12. The highest BCUT2D eigenvalue weighted by atomic mass is 35.5. The van der Waals surface area contributed by atoms with E-state index in [0.717, 1.165) is 11.3 Å². The van der Waals surface area contributed by atoms with Crippen LogP contribution in [0, 0.1) is 0 Å². The summed E-state index contributed by atoms with van der Waals surface area (Å²) >= 11 is 7.38. The summed E-state index contributed by atoms with van der Waals surface area (Å²) in [4.78, 5) is 15.6. The Bertz CT molecular complexity index is 645. The monoisotopic (exact) mass is 378 g/mol. The normalized spacial score (nSPS) is 19.2. The predicted molar refractivity (Wildman–Crippen MR) is 94.2 cm³/mol. The van der Waals surface area contributed by atoms with Crippen LogP contribution < -0.4 is 0 Å². The van der Waals surface area contributed by atoms with E-state index in [9.17, 15) is 13.2 Å². The Kier molecular flexibility index (Phi) is 6.48. The number of amides is 1. The lowest BCUT2D eigenvalue weighted by Gasteiger charge is -2.29. The smallest absolute Gasteiger partial charge is 0.241 e. The van der Waals surface area contributed by atoms with Crippen LogP contribution in [0.25, 0.3) is 0 Å². The minimum Gasteiger partial charge on any atom is -0.336 e. The summed E-state index contributed by atoms with van der Waals surface area (Å²) in [5, 5.41) is 0. The summed E-state index contributed by atoms with van der Waals surface area (Å²) in [5.74, 6) is -0.00196. The van der Waals surface area contributed by atoms with Crippen LogP contribution in [0.4, 0.5) is 0 Å². The lowest BCUT2D eigenvalue weighted by molar-refractivity contribution is -0.135. The summed E-state index contributed by atoms with van der Waals surface area (Å²) in [7, 11) is -3.35. The summed E-state index contributed by atoms with van der Waals surface area (Å²) in [6.07, 6.45) is 1.90. The number of halogens is 1. The zero-order valence-corrected chi connectivity index (χ0v) is 15.9. The number of sulfonamides is 1. The van der Waals surface area contributed by atoms with Gasteiger partial charge in [-0.25, -0.2) is 8.42 Å². The van der Waals surface area contributed by atoms with Gasteiger partial charge in [-0.05, 0) is 38.3 Å². The first-order chi connectivity index (χ1) is 10.9. The predicted octanol–water partition coefficient (Wildman–Crippen LogP) is 2.95. The number of hydrogen-bond acceptors (Lipinski definition) is 4. The van der Waals surface area contributed by atoms with Crippen LogP contribution in [0.2, 0.25) is 4.34 Å². The van der Waals surface area contributed by atoms with Crippen molar-refractivity contribution >= 4 is 38.9 Å². The van der Waals surface area contributed by atoms with Crippen LogP contribution in [-0.4, -0.2) is 48.4 Å². The zero-order valence-electron chi connectivity index (χ0n) is 13.5. The summed E-state index contributed by atoms with van der Waals surface area (Å²) in [6, 6.07) is 3.17. The third kappa shape index (κ3) is 4.47. The molecule has 0 spiro atoms. The average Bonchev–Trinajstić information content (AvgIpc) is 3.13. The molecule has 2 heterocycles. The van der Waals surface area contributed by atoms with E-state index in [2.05, 4.69) is 0 Å². The van der Waals surface area contributed by atoms with Crippen molar-refractivity contribution in [2.45, 2.75) is 45.7 Å². The van der Waals surface area contributed by atoms with Gasteiger partial charge in [0.1, 0.15) is 6.04 Å². The molecule has 23 heavy (non-hydrogen) atoms. The largest absolute Gasteiger partial charge is 0.336 e. The second kappa shape index (κ2) is 7.96. The lowest BCUT2D eigenvalue weighted by atomic mass is 10.2. The summed E-state index contributed by atoms with van der Waals surface area (Å²) in [6.45, 7) is 5.22. The maximum atomic E-state index is 12.8. The Morgan fingerprint density at radius 3 is 2.74 bits per heavy atom. The topological polar surface area (TPSA) is 57.7 Å². The van der Waals surface area contributed by atoms with Crippen molar-refractivity contribution in [3.05, 3.63) is 21.3 Å². The van der Waals surface area contributed by atoms with Crippen LogP contribution in [0.1, 0.15) is 38.0 Å². The molecule has 2 rings (SSSR count). The van der Waals surface area contributed by atoms with E-state index in [1.807, 2.05) is 26.0 Å². The fourth-order valence-corrected chi connectivity index (χ4v) is 5.72. The van der Waals surface area contributed by atoms with Gasteiger partial charge in [0.2, 0.25) is 15.9 Å². The molecule has 0 saturated carbocycles. The molecular formula is C15H23ClN2O3S2. The van der Waals surface area contributed by atoms with Crippen molar-refractivity contribution in [2.75, 3.05) is 18.8 Å². The number of carbonyl (C=O) groups excluding carboxylic acids is 1. The van der Waals surface area contributed by atoms with Gasteiger partial charge in [-0.2, -0.15) is 4.31 Å². The van der Waals surface area contributed by atoms with Crippen molar-refractivity contribution < 1.29 is 13.2 Å². The van der Waals surface area contributed by atoms with Gasteiger partial charge in [-0.15, -0.1) is 11.3 Å². The molecule has 130 valence electrons. The fourth-order valence-electron chi connectivity index (χ4n) is 2.88. The van der Waals surface area contributed by atoms with Crippen molar-refractivity contribution in [2.24, 2.45) is 0 Å². The van der Waals surface area contributed by atoms with E-state index in [4.69, 9.17) is 11.6 Å². The first kappa shape index (κ1) is 18.7. The van der Waals surface area contributed by atoms with Crippen LogP contribution in [0.3, 0.4) is 0 Å². The van der Waals surface area contributed by atoms with Crippen LogP contribution >= 0.6 is 22.9 Å². The quantitative estimate of drug-likeness (QED) is 0.732. The van der Waals surface area contributed by atoms with Gasteiger partial charge < -0.3 is 4.90 Å². The SMILES string of the molecule is CCCS(=O)(=O)N1CCCC1C(=O)N(CC)Cc1ccc(Cl)s1. The standard InChI is InChI=1S/C15H23ClN2O3S2/c1-3-10-23(20,21)18-9-5-6-13(18)15(19)17(4-2)11-12-7-8-14(16)22-12/h7-8,13H,3-6,9-11H2,1-2H3. The van der Waals surface area contributed by atoms with Crippen molar-refractivity contribution in [3.8, 4) is 0 Å². The summed E-state index contributed by atoms with van der Waals surface area (Å²) < 4.78 is 26.8. The van der Waals surface area contributed by atoms with Crippen LogP contribution in [0.15, 0.2) is 12.1 Å². The van der Waals surface area contributed by atoms with Crippen LogP contribution in [0.5, 0.6) is 0 Å². The van der Waals surface area contributed by atoms with Gasteiger partial charge in [-0.3, -0.25) is 4.79 Å². The maximum absolute atomic E-state index is 12.8. The molecule has 1 aromatic heterocycles. The van der Waals surface area contributed by atoms with Crippen LogP contribution in [-0.2, 0) is 21.4 Å². The molecule has 1 atom stereocenters. The van der Waals surface area contributed by atoms with E-state index in [0.29, 0.717) is 36.8 Å². The van der Waals surface area contributed by atoms with Gasteiger partial charge in [0, 0.05) is 18.0 Å². The molecule has 0 radical (unpaired) electrons. The molecule has 1 aliphatic rings. The molecule has 0 N–H and O–H groups in total. The molecular weight excluding hydrogens is 356 g/mol. The number of thiophene rings is 1. The van der Waals surface area contributed by atoms with Gasteiger partial charge in [0.15, 0.2) is 0 Å². The molecule has 1 aromatic rings. The molecule has 0 bridgehead atoms. The number of likely N-dealkylation sites (N-methyl/N-ethyl adjacent to an activating group) is 1. The van der Waals surface area contributed by atoms with Crippen molar-refractivity contribution in [1.82, 2.24) is 9.21 Å². The molecule has 1 amide bonds. The third-order valence-electron chi connectivity index (χ3n) is 3.98. The van der Waals surface area contributed by atoms with Crippen molar-refractivity contribution in [3.63, 3.8) is 0 Å². The van der Waals surface area contributed by atoms with E-state index >= 15 is 0 Å². The Morgan fingerprint density at radius 2 is 2.17 bits per heavy atom. The van der Waals surface area contributed by atoms with E-state index in [-0.39, 0.29) is 11.7 Å². The zero-order chi connectivity index (χ0) is 17.0. The first-order valence-corrected chi connectivity index (χ1v) is 10.7. The molecule has 0 aliphatic carbocycles. The van der Waals surface area contributed by atoms with Crippen molar-refractivity contribution in [1.29, 1.82) is 0 Å². The minimum absolute atomic E-state index is 0.101. The minimum atomic E-state index is -3.35. The molecule has 1 aliphatic heterocycles. The molecule has 1 saturated heterocycles. The number of carbonyl (C=O) groups is 1. The highest BCUT2D eigenvalue weighted by Gasteiger charge is 2.39.